The van der Waals surface area contributed by atoms with E-state index in [1.165, 1.54) is 18.5 Å². The fraction of sp³-hybridized carbons (Fsp3) is 0.769. The molecular weight excluding hydrogens is 405 g/mol. The lowest BCUT2D eigenvalue weighted by atomic mass is 9.95. The maximum absolute atomic E-state index is 14.9. The highest BCUT2D eigenvalue weighted by molar-refractivity contribution is 5.62. The molecule has 1 aromatic carbocycles. The van der Waals surface area contributed by atoms with E-state index in [0.717, 1.165) is 83.6 Å². The molecule has 1 aromatic rings. The molecule has 2 bridgehead atoms. The monoisotopic (exact) mass is 447 g/mol. The SMILES string of the molecule is CCCCOC(OCCCC)C1CCN(c2cc(N3C4CCC3CNC4)ccc2F)CC1. The summed E-state index contributed by atoms with van der Waals surface area (Å²) in [5.74, 6) is 0.278. The number of benzene rings is 1. The maximum Gasteiger partial charge on any atom is 0.160 e. The largest absolute Gasteiger partial charge is 0.369 e. The van der Waals surface area contributed by atoms with E-state index < -0.39 is 0 Å². The van der Waals surface area contributed by atoms with Gasteiger partial charge in [0.15, 0.2) is 6.29 Å². The maximum atomic E-state index is 14.9. The number of nitrogens with zero attached hydrogens (tertiary/aromatic N) is 2. The molecule has 1 N–H and O–H groups in total. The van der Waals surface area contributed by atoms with Gasteiger partial charge in [0, 0.05) is 63.1 Å². The van der Waals surface area contributed by atoms with Gasteiger partial charge in [-0.3, -0.25) is 0 Å². The smallest absolute Gasteiger partial charge is 0.160 e. The molecule has 5 nitrogen and oxygen atoms in total. The normalized spacial score (nSPS) is 24.0. The van der Waals surface area contributed by atoms with Crippen molar-refractivity contribution in [3.8, 4) is 0 Å². The van der Waals surface area contributed by atoms with Crippen molar-refractivity contribution in [3.05, 3.63) is 24.0 Å². The Morgan fingerprint density at radius 2 is 1.59 bits per heavy atom. The third-order valence-corrected chi connectivity index (χ3v) is 7.43. The molecule has 0 amide bonds. The number of fused-ring (bicyclic) bond motifs is 2. The zero-order valence-electron chi connectivity index (χ0n) is 20.0. The Balaban J connectivity index is 1.38. The minimum atomic E-state index is -0.122. The van der Waals surface area contributed by atoms with Crippen LogP contribution in [0.1, 0.15) is 65.2 Å². The van der Waals surface area contributed by atoms with Gasteiger partial charge >= 0.3 is 0 Å². The fourth-order valence-corrected chi connectivity index (χ4v) is 5.52. The molecule has 180 valence electrons. The van der Waals surface area contributed by atoms with Gasteiger partial charge in [-0.05, 0) is 56.7 Å². The second kappa shape index (κ2) is 11.7. The average molecular weight is 448 g/mol. The van der Waals surface area contributed by atoms with E-state index in [1.54, 1.807) is 6.07 Å². The minimum Gasteiger partial charge on any atom is -0.369 e. The van der Waals surface area contributed by atoms with Crippen molar-refractivity contribution < 1.29 is 13.9 Å². The first-order valence-electron chi connectivity index (χ1n) is 13.0. The Kier molecular flexibility index (Phi) is 8.67. The van der Waals surface area contributed by atoms with E-state index in [1.807, 2.05) is 6.07 Å². The predicted molar refractivity (Wildman–Crippen MR) is 129 cm³/mol. The summed E-state index contributed by atoms with van der Waals surface area (Å²) < 4.78 is 27.1. The molecule has 3 heterocycles. The number of hydrogen-bond acceptors (Lipinski definition) is 5. The van der Waals surface area contributed by atoms with Crippen LogP contribution in [-0.2, 0) is 9.47 Å². The number of piperidine rings is 1. The van der Waals surface area contributed by atoms with Crippen molar-refractivity contribution in [2.45, 2.75) is 83.6 Å². The van der Waals surface area contributed by atoms with Crippen molar-refractivity contribution >= 4 is 11.4 Å². The molecule has 3 aliphatic heterocycles. The van der Waals surface area contributed by atoms with Crippen LogP contribution in [0.15, 0.2) is 18.2 Å². The van der Waals surface area contributed by atoms with Crippen molar-refractivity contribution in [2.24, 2.45) is 5.92 Å². The first-order valence-corrected chi connectivity index (χ1v) is 13.0. The second-order valence-corrected chi connectivity index (χ2v) is 9.73. The number of hydrogen-bond donors (Lipinski definition) is 1. The van der Waals surface area contributed by atoms with Crippen LogP contribution in [0.5, 0.6) is 0 Å². The van der Waals surface area contributed by atoms with Crippen LogP contribution >= 0.6 is 0 Å². The standard InChI is InChI=1S/C26H42FN3O2/c1-3-5-15-31-26(32-16-6-4-2)20-11-13-29(14-12-20)25-17-21(9-10-24(25)27)30-22-7-8-23(30)19-28-18-22/h9-10,17,20,22-23,26,28H,3-8,11-16,18-19H2,1-2H3. The number of ether oxygens (including phenoxy) is 2. The lowest BCUT2D eigenvalue weighted by molar-refractivity contribution is -0.177. The number of nitrogens with one attached hydrogen (secondary N) is 1. The zero-order valence-corrected chi connectivity index (χ0v) is 20.0. The van der Waals surface area contributed by atoms with Gasteiger partial charge in [-0.2, -0.15) is 0 Å². The minimum absolute atomic E-state index is 0.107. The third kappa shape index (κ3) is 5.57. The Morgan fingerprint density at radius 1 is 0.969 bits per heavy atom. The molecule has 6 heteroatoms. The van der Waals surface area contributed by atoms with E-state index in [4.69, 9.17) is 9.47 Å². The van der Waals surface area contributed by atoms with Crippen molar-refractivity contribution in [3.63, 3.8) is 0 Å². The molecule has 4 rings (SSSR count). The first kappa shape index (κ1) is 23.8. The van der Waals surface area contributed by atoms with E-state index in [9.17, 15) is 4.39 Å². The van der Waals surface area contributed by atoms with Gasteiger partial charge in [-0.25, -0.2) is 4.39 Å². The quantitative estimate of drug-likeness (QED) is 0.384. The average Bonchev–Trinajstić information content (AvgIpc) is 3.06. The second-order valence-electron chi connectivity index (χ2n) is 9.73. The van der Waals surface area contributed by atoms with Crippen molar-refractivity contribution in [2.75, 3.05) is 49.2 Å². The first-order chi connectivity index (χ1) is 15.7. The summed E-state index contributed by atoms with van der Waals surface area (Å²) in [6.45, 7) is 9.66. The van der Waals surface area contributed by atoms with Crippen LogP contribution in [0.2, 0.25) is 0 Å². The van der Waals surface area contributed by atoms with Gasteiger partial charge in [0.2, 0.25) is 0 Å². The zero-order chi connectivity index (χ0) is 22.3. The Labute approximate surface area is 193 Å². The Hall–Kier alpha value is -1.37. The number of rotatable bonds is 11. The van der Waals surface area contributed by atoms with E-state index >= 15 is 0 Å². The fourth-order valence-electron chi connectivity index (χ4n) is 5.52. The molecule has 3 saturated heterocycles. The molecule has 3 fully saturated rings. The molecule has 0 saturated carbocycles. The highest BCUT2D eigenvalue weighted by atomic mass is 19.1. The Morgan fingerprint density at radius 3 is 2.19 bits per heavy atom. The summed E-state index contributed by atoms with van der Waals surface area (Å²) in [4.78, 5) is 4.76. The van der Waals surface area contributed by atoms with Gasteiger partial charge in [0.1, 0.15) is 5.82 Å². The molecule has 0 radical (unpaired) electrons. The van der Waals surface area contributed by atoms with Crippen LogP contribution in [0.25, 0.3) is 0 Å². The third-order valence-electron chi connectivity index (χ3n) is 7.43. The van der Waals surface area contributed by atoms with Crippen LogP contribution in [0, 0.1) is 11.7 Å². The van der Waals surface area contributed by atoms with Gasteiger partial charge in [0.05, 0.1) is 5.69 Å². The lowest BCUT2D eigenvalue weighted by Gasteiger charge is -2.39. The van der Waals surface area contributed by atoms with Crippen molar-refractivity contribution in [1.29, 1.82) is 0 Å². The summed E-state index contributed by atoms with van der Waals surface area (Å²) in [6, 6.07) is 6.82. The van der Waals surface area contributed by atoms with Crippen LogP contribution in [0.4, 0.5) is 15.8 Å². The van der Waals surface area contributed by atoms with Crippen LogP contribution < -0.4 is 15.1 Å². The van der Waals surface area contributed by atoms with Crippen LogP contribution in [0.3, 0.4) is 0 Å². The van der Waals surface area contributed by atoms with Crippen LogP contribution in [-0.4, -0.2) is 57.8 Å². The summed E-state index contributed by atoms with van der Waals surface area (Å²) in [7, 11) is 0. The lowest BCUT2D eigenvalue weighted by Crippen LogP contribution is -2.52. The number of piperazine rings is 1. The molecular formula is C26H42FN3O2. The Bertz CT molecular complexity index is 684. The summed E-state index contributed by atoms with van der Waals surface area (Å²) in [5.41, 5.74) is 1.94. The molecule has 0 spiro atoms. The number of unbranched alkanes of at least 4 members (excludes halogenated alkanes) is 2. The molecule has 3 aliphatic rings. The van der Waals surface area contributed by atoms with E-state index in [0.29, 0.717) is 18.0 Å². The van der Waals surface area contributed by atoms with Gasteiger partial charge in [-0.15, -0.1) is 0 Å². The topological polar surface area (TPSA) is 37.0 Å². The highest BCUT2D eigenvalue weighted by Gasteiger charge is 2.37. The molecule has 0 aliphatic carbocycles. The molecule has 2 unspecified atom stereocenters. The molecule has 2 atom stereocenters. The van der Waals surface area contributed by atoms with Gasteiger partial charge in [0.25, 0.3) is 0 Å². The van der Waals surface area contributed by atoms with Gasteiger partial charge in [-0.1, -0.05) is 26.7 Å². The summed E-state index contributed by atoms with van der Waals surface area (Å²) in [5, 5.41) is 3.54. The molecule has 32 heavy (non-hydrogen) atoms. The van der Waals surface area contributed by atoms with E-state index in [-0.39, 0.29) is 12.1 Å². The van der Waals surface area contributed by atoms with E-state index in [2.05, 4.69) is 35.0 Å². The summed E-state index contributed by atoms with van der Waals surface area (Å²) >= 11 is 0. The van der Waals surface area contributed by atoms with Gasteiger partial charge < -0.3 is 24.6 Å². The molecule has 0 aromatic heterocycles. The predicted octanol–water partition coefficient (Wildman–Crippen LogP) is 4.94. The van der Waals surface area contributed by atoms with Crippen molar-refractivity contribution in [1.82, 2.24) is 5.32 Å². The highest BCUT2D eigenvalue weighted by Crippen LogP contribution is 2.36. The number of halogens is 1. The number of anilines is 2. The summed E-state index contributed by atoms with van der Waals surface area (Å²) in [6.07, 6.45) is 8.69.